The summed E-state index contributed by atoms with van der Waals surface area (Å²) in [6.07, 6.45) is 1.83. The Morgan fingerprint density at radius 1 is 1.12 bits per heavy atom. The largest absolute Gasteiger partial charge is 0.496 e. The second-order valence-electron chi connectivity index (χ2n) is 7.03. The Bertz CT molecular complexity index is 783. The van der Waals surface area contributed by atoms with E-state index in [9.17, 15) is 0 Å². The molecule has 0 amide bonds. The van der Waals surface area contributed by atoms with E-state index in [0.29, 0.717) is 6.73 Å². The summed E-state index contributed by atoms with van der Waals surface area (Å²) >= 11 is 0. The van der Waals surface area contributed by atoms with Gasteiger partial charge in [-0.05, 0) is 50.6 Å². The third-order valence-electron chi connectivity index (χ3n) is 4.46. The van der Waals surface area contributed by atoms with Crippen LogP contribution in [0, 0.1) is 0 Å². The van der Waals surface area contributed by atoms with Crippen LogP contribution in [0.2, 0.25) is 0 Å². The maximum absolute atomic E-state index is 5.99. The lowest BCUT2D eigenvalue weighted by molar-refractivity contribution is 0.316. The Balaban J connectivity index is 2.35. The number of rotatable bonds is 4. The first kappa shape index (κ1) is 17.2. The third kappa shape index (κ3) is 2.93. The van der Waals surface area contributed by atoms with Crippen molar-refractivity contribution in [2.24, 2.45) is 0 Å². The van der Waals surface area contributed by atoms with E-state index in [1.54, 1.807) is 14.2 Å². The van der Waals surface area contributed by atoms with Gasteiger partial charge in [-0.25, -0.2) is 0 Å². The summed E-state index contributed by atoms with van der Waals surface area (Å²) in [7, 11) is 3.35. The van der Waals surface area contributed by atoms with Gasteiger partial charge in [0.15, 0.2) is 6.73 Å². The van der Waals surface area contributed by atoms with Crippen molar-refractivity contribution in [3.8, 4) is 28.4 Å². The molecular weight excluding hydrogens is 314 g/mol. The number of hydrogen-bond acceptors (Lipinski definition) is 4. The lowest BCUT2D eigenvalue weighted by Crippen LogP contribution is -2.41. The van der Waals surface area contributed by atoms with Gasteiger partial charge in [0.25, 0.3) is 0 Å². The van der Waals surface area contributed by atoms with Crippen LogP contribution < -0.4 is 19.1 Å². The zero-order valence-corrected chi connectivity index (χ0v) is 15.6. The van der Waals surface area contributed by atoms with Gasteiger partial charge in [0.2, 0.25) is 0 Å². The Labute approximate surface area is 149 Å². The highest BCUT2D eigenvalue weighted by molar-refractivity contribution is 5.92. The second kappa shape index (κ2) is 6.36. The van der Waals surface area contributed by atoms with Crippen molar-refractivity contribution < 1.29 is 14.2 Å². The van der Waals surface area contributed by atoms with Crippen molar-refractivity contribution in [1.29, 1.82) is 0 Å². The van der Waals surface area contributed by atoms with E-state index in [4.69, 9.17) is 14.2 Å². The van der Waals surface area contributed by atoms with Crippen LogP contribution in [-0.2, 0) is 0 Å². The fourth-order valence-corrected chi connectivity index (χ4v) is 3.17. The highest BCUT2D eigenvalue weighted by Gasteiger charge is 2.34. The quantitative estimate of drug-likeness (QED) is 0.787. The third-order valence-corrected chi connectivity index (χ3v) is 4.46. The SMILES string of the molecule is C=Cc1cc2c(c(-c3c(OC)cccc3OC)c1)N(C(C)(C)C)CO2. The number of methoxy groups -OCH3 is 2. The summed E-state index contributed by atoms with van der Waals surface area (Å²) in [6, 6.07) is 9.96. The highest BCUT2D eigenvalue weighted by Crippen LogP contribution is 2.50. The molecule has 3 rings (SSSR count). The molecule has 25 heavy (non-hydrogen) atoms. The summed E-state index contributed by atoms with van der Waals surface area (Å²) in [5, 5.41) is 0. The molecule has 1 aliphatic heterocycles. The number of nitrogens with zero attached hydrogens (tertiary/aromatic N) is 1. The molecule has 1 heterocycles. The Hall–Kier alpha value is -2.62. The second-order valence-corrected chi connectivity index (χ2v) is 7.03. The van der Waals surface area contributed by atoms with E-state index in [1.165, 1.54) is 0 Å². The van der Waals surface area contributed by atoms with Crippen molar-refractivity contribution in [2.45, 2.75) is 26.3 Å². The van der Waals surface area contributed by atoms with E-state index >= 15 is 0 Å². The van der Waals surface area contributed by atoms with Gasteiger partial charge in [-0.15, -0.1) is 0 Å². The lowest BCUT2D eigenvalue weighted by Gasteiger charge is -2.33. The molecule has 0 saturated heterocycles. The standard InChI is InChI=1S/C21H25NO3/c1-7-14-11-15(19-16(23-5)9-8-10-17(19)24-6)20-18(12-14)25-13-22(20)21(2,3)4/h7-12H,1,13H2,2-6H3. The molecule has 0 atom stereocenters. The maximum atomic E-state index is 5.99. The van der Waals surface area contributed by atoms with Crippen LogP contribution in [0.1, 0.15) is 26.3 Å². The molecule has 4 nitrogen and oxygen atoms in total. The average molecular weight is 339 g/mol. The van der Waals surface area contributed by atoms with Crippen molar-refractivity contribution in [3.63, 3.8) is 0 Å². The highest BCUT2D eigenvalue weighted by atomic mass is 16.5. The number of anilines is 1. The van der Waals surface area contributed by atoms with Gasteiger partial charge in [0.1, 0.15) is 17.2 Å². The van der Waals surface area contributed by atoms with Gasteiger partial charge in [-0.3, -0.25) is 0 Å². The predicted octanol–water partition coefficient (Wildman–Crippen LogP) is 4.97. The minimum atomic E-state index is -0.0784. The molecule has 0 fully saturated rings. The zero-order valence-electron chi connectivity index (χ0n) is 15.6. The first-order valence-electron chi connectivity index (χ1n) is 8.33. The molecule has 132 valence electrons. The molecule has 2 aromatic rings. The molecule has 0 bridgehead atoms. The molecule has 0 spiro atoms. The van der Waals surface area contributed by atoms with Crippen LogP contribution in [0.3, 0.4) is 0 Å². The lowest BCUT2D eigenvalue weighted by atomic mass is 9.95. The van der Waals surface area contributed by atoms with Gasteiger partial charge >= 0.3 is 0 Å². The smallest absolute Gasteiger partial charge is 0.162 e. The minimum absolute atomic E-state index is 0.0784. The average Bonchev–Trinajstić information content (AvgIpc) is 3.04. The molecule has 4 heteroatoms. The van der Waals surface area contributed by atoms with Gasteiger partial charge in [0, 0.05) is 11.1 Å². The van der Waals surface area contributed by atoms with Crippen molar-refractivity contribution in [2.75, 3.05) is 25.9 Å². The first-order valence-corrected chi connectivity index (χ1v) is 8.33. The summed E-state index contributed by atoms with van der Waals surface area (Å²) in [5.41, 5.74) is 3.92. The topological polar surface area (TPSA) is 30.9 Å². The van der Waals surface area contributed by atoms with Crippen LogP contribution in [0.5, 0.6) is 17.2 Å². The maximum Gasteiger partial charge on any atom is 0.162 e. The summed E-state index contributed by atoms with van der Waals surface area (Å²) in [5.74, 6) is 2.39. The predicted molar refractivity (Wildman–Crippen MR) is 103 cm³/mol. The minimum Gasteiger partial charge on any atom is -0.496 e. The van der Waals surface area contributed by atoms with Crippen LogP contribution in [-0.4, -0.2) is 26.5 Å². The zero-order chi connectivity index (χ0) is 18.2. The summed E-state index contributed by atoms with van der Waals surface area (Å²) < 4.78 is 17.2. The van der Waals surface area contributed by atoms with Crippen molar-refractivity contribution in [1.82, 2.24) is 0 Å². The first-order chi connectivity index (χ1) is 11.9. The Kier molecular flexibility index (Phi) is 4.38. The van der Waals surface area contributed by atoms with Crippen LogP contribution in [0.25, 0.3) is 17.2 Å². The van der Waals surface area contributed by atoms with Crippen LogP contribution >= 0.6 is 0 Å². The molecule has 0 radical (unpaired) electrons. The molecule has 0 N–H and O–H groups in total. The number of benzene rings is 2. The van der Waals surface area contributed by atoms with Gasteiger partial charge in [-0.1, -0.05) is 18.7 Å². The van der Waals surface area contributed by atoms with E-state index < -0.39 is 0 Å². The molecule has 0 saturated carbocycles. The number of ether oxygens (including phenoxy) is 3. The fourth-order valence-electron chi connectivity index (χ4n) is 3.17. The van der Waals surface area contributed by atoms with Crippen LogP contribution in [0.4, 0.5) is 5.69 Å². The number of fused-ring (bicyclic) bond motifs is 1. The van der Waals surface area contributed by atoms with E-state index in [0.717, 1.165) is 39.6 Å². The van der Waals surface area contributed by atoms with Gasteiger partial charge < -0.3 is 19.1 Å². The van der Waals surface area contributed by atoms with Crippen LogP contribution in [0.15, 0.2) is 36.9 Å². The molecular formula is C21H25NO3. The van der Waals surface area contributed by atoms with Gasteiger partial charge in [0.05, 0.1) is 25.5 Å². The van der Waals surface area contributed by atoms with E-state index in [2.05, 4.69) is 38.3 Å². The molecule has 1 aliphatic rings. The Morgan fingerprint density at radius 2 is 1.76 bits per heavy atom. The molecule has 0 unspecified atom stereocenters. The van der Waals surface area contributed by atoms with Gasteiger partial charge in [-0.2, -0.15) is 0 Å². The molecule has 2 aromatic carbocycles. The van der Waals surface area contributed by atoms with Crippen molar-refractivity contribution >= 4 is 11.8 Å². The van der Waals surface area contributed by atoms with E-state index in [1.807, 2.05) is 30.3 Å². The normalized spacial score (nSPS) is 13.2. The summed E-state index contributed by atoms with van der Waals surface area (Å²) in [6.45, 7) is 11.0. The molecule has 0 aromatic heterocycles. The Morgan fingerprint density at radius 3 is 2.28 bits per heavy atom. The molecule has 0 aliphatic carbocycles. The monoisotopic (exact) mass is 339 g/mol. The van der Waals surface area contributed by atoms with E-state index in [-0.39, 0.29) is 5.54 Å². The number of hydrogen-bond donors (Lipinski definition) is 0. The summed E-state index contributed by atoms with van der Waals surface area (Å²) in [4.78, 5) is 2.26. The van der Waals surface area contributed by atoms with Crippen molar-refractivity contribution in [3.05, 3.63) is 42.5 Å². The fraction of sp³-hybridized carbons (Fsp3) is 0.333.